The number of hydrogen-bond donors (Lipinski definition) is 3. The highest BCUT2D eigenvalue weighted by Crippen LogP contribution is 2.22. The molecule has 0 atom stereocenters. The largest absolute Gasteiger partial charge is 0.444 e. The van der Waals surface area contributed by atoms with Gasteiger partial charge in [0.1, 0.15) is 12.1 Å². The van der Waals surface area contributed by atoms with E-state index in [1.54, 1.807) is 25.4 Å². The standard InChI is InChI=1S/C18H21N7O3/c1-10(2)7-21-14-6-11(4-5-20-14)18-23-13(9-28-18)17(27)22-12-8-25(3)24-15(12)16(19)26/h4-6,8-10H,7H2,1-3H3,(H2,19,26)(H,20,21)(H,22,27). The molecule has 0 bridgehead atoms. The van der Waals surface area contributed by atoms with Gasteiger partial charge in [0.05, 0.1) is 5.69 Å². The molecule has 4 N–H and O–H groups in total. The van der Waals surface area contributed by atoms with Crippen molar-refractivity contribution in [2.45, 2.75) is 13.8 Å². The van der Waals surface area contributed by atoms with Crippen molar-refractivity contribution in [2.24, 2.45) is 18.7 Å². The van der Waals surface area contributed by atoms with Gasteiger partial charge >= 0.3 is 0 Å². The summed E-state index contributed by atoms with van der Waals surface area (Å²) in [6, 6.07) is 3.53. The molecule has 0 aromatic carbocycles. The first-order valence-electron chi connectivity index (χ1n) is 8.64. The summed E-state index contributed by atoms with van der Waals surface area (Å²) in [6.45, 7) is 4.98. The highest BCUT2D eigenvalue weighted by atomic mass is 16.3. The number of carbonyl (C=O) groups excluding carboxylic acids is 2. The average molecular weight is 383 g/mol. The van der Waals surface area contributed by atoms with Crippen LogP contribution in [0.2, 0.25) is 0 Å². The number of amides is 2. The van der Waals surface area contributed by atoms with Crippen LogP contribution >= 0.6 is 0 Å². The van der Waals surface area contributed by atoms with Crippen molar-refractivity contribution in [3.63, 3.8) is 0 Å². The lowest BCUT2D eigenvalue weighted by Crippen LogP contribution is -2.18. The molecule has 0 fully saturated rings. The van der Waals surface area contributed by atoms with Gasteiger partial charge in [0.25, 0.3) is 11.8 Å². The van der Waals surface area contributed by atoms with E-state index < -0.39 is 11.8 Å². The number of nitrogens with one attached hydrogen (secondary N) is 2. The van der Waals surface area contributed by atoms with E-state index in [2.05, 4.69) is 39.5 Å². The zero-order valence-electron chi connectivity index (χ0n) is 15.8. The van der Waals surface area contributed by atoms with Crippen molar-refractivity contribution < 1.29 is 14.0 Å². The van der Waals surface area contributed by atoms with Crippen LogP contribution in [0.25, 0.3) is 11.5 Å². The van der Waals surface area contributed by atoms with Gasteiger partial charge in [-0.3, -0.25) is 14.3 Å². The molecule has 0 saturated heterocycles. The van der Waals surface area contributed by atoms with Gasteiger partial charge in [-0.2, -0.15) is 5.10 Å². The number of nitrogens with zero attached hydrogens (tertiary/aromatic N) is 4. The maximum Gasteiger partial charge on any atom is 0.277 e. The van der Waals surface area contributed by atoms with Crippen LogP contribution in [0.5, 0.6) is 0 Å². The Morgan fingerprint density at radius 1 is 1.36 bits per heavy atom. The summed E-state index contributed by atoms with van der Waals surface area (Å²) in [5.41, 5.74) is 6.18. The fourth-order valence-electron chi connectivity index (χ4n) is 2.43. The normalized spacial score (nSPS) is 10.9. The summed E-state index contributed by atoms with van der Waals surface area (Å²) in [5.74, 6) is 0.159. The van der Waals surface area contributed by atoms with Crippen LogP contribution in [-0.2, 0) is 7.05 Å². The molecule has 28 heavy (non-hydrogen) atoms. The molecular weight excluding hydrogens is 362 g/mol. The average Bonchev–Trinajstić information content (AvgIpc) is 3.27. The van der Waals surface area contributed by atoms with Crippen molar-refractivity contribution in [2.75, 3.05) is 17.2 Å². The van der Waals surface area contributed by atoms with E-state index in [-0.39, 0.29) is 23.0 Å². The Kier molecular flexibility index (Phi) is 5.39. The maximum absolute atomic E-state index is 12.4. The molecule has 10 nitrogen and oxygen atoms in total. The second-order valence-corrected chi connectivity index (χ2v) is 6.63. The van der Waals surface area contributed by atoms with Crippen LogP contribution in [0.1, 0.15) is 34.8 Å². The summed E-state index contributed by atoms with van der Waals surface area (Å²) < 4.78 is 6.81. The first kappa shape index (κ1) is 19.1. The van der Waals surface area contributed by atoms with Crippen molar-refractivity contribution >= 4 is 23.3 Å². The molecule has 146 valence electrons. The van der Waals surface area contributed by atoms with Crippen molar-refractivity contribution in [1.82, 2.24) is 19.7 Å². The van der Waals surface area contributed by atoms with Crippen molar-refractivity contribution in [3.8, 4) is 11.5 Å². The number of primary amides is 1. The third-order valence-corrected chi connectivity index (χ3v) is 3.75. The maximum atomic E-state index is 12.4. The number of hydrogen-bond acceptors (Lipinski definition) is 7. The van der Waals surface area contributed by atoms with Gasteiger partial charge in [0, 0.05) is 31.5 Å². The fraction of sp³-hybridized carbons (Fsp3) is 0.278. The van der Waals surface area contributed by atoms with Crippen LogP contribution in [-0.4, -0.2) is 38.1 Å². The van der Waals surface area contributed by atoms with Crippen molar-refractivity contribution in [3.05, 3.63) is 42.2 Å². The summed E-state index contributed by atoms with van der Waals surface area (Å²) in [6.07, 6.45) is 4.36. The molecule has 10 heteroatoms. The van der Waals surface area contributed by atoms with E-state index in [9.17, 15) is 9.59 Å². The molecule has 0 unspecified atom stereocenters. The van der Waals surface area contributed by atoms with Crippen LogP contribution in [0.4, 0.5) is 11.5 Å². The molecule has 0 aliphatic rings. The second kappa shape index (κ2) is 7.91. The van der Waals surface area contributed by atoms with Gasteiger partial charge in [0.2, 0.25) is 5.89 Å². The lowest BCUT2D eigenvalue weighted by atomic mass is 10.2. The van der Waals surface area contributed by atoms with E-state index in [4.69, 9.17) is 10.2 Å². The minimum atomic E-state index is -0.741. The van der Waals surface area contributed by atoms with Gasteiger partial charge < -0.3 is 20.8 Å². The Morgan fingerprint density at radius 3 is 2.86 bits per heavy atom. The van der Waals surface area contributed by atoms with E-state index >= 15 is 0 Å². The molecule has 3 heterocycles. The van der Waals surface area contributed by atoms with Gasteiger partial charge in [-0.1, -0.05) is 13.8 Å². The smallest absolute Gasteiger partial charge is 0.277 e. The van der Waals surface area contributed by atoms with Crippen LogP contribution < -0.4 is 16.4 Å². The molecule has 0 aliphatic heterocycles. The zero-order chi connectivity index (χ0) is 20.3. The van der Waals surface area contributed by atoms with E-state index in [1.807, 2.05) is 0 Å². The number of nitrogens with two attached hydrogens (primary N) is 1. The molecular formula is C18H21N7O3. The summed E-state index contributed by atoms with van der Waals surface area (Å²) in [7, 11) is 1.62. The Labute approximate surface area is 161 Å². The lowest BCUT2D eigenvalue weighted by molar-refractivity contribution is 0.0995. The Hall–Kier alpha value is -3.69. The minimum Gasteiger partial charge on any atom is -0.444 e. The molecule has 0 spiro atoms. The number of aromatic nitrogens is 4. The molecule has 0 aliphatic carbocycles. The Bertz CT molecular complexity index is 1010. The summed E-state index contributed by atoms with van der Waals surface area (Å²) in [5, 5.41) is 9.71. The SMILES string of the molecule is CC(C)CNc1cc(-c2nc(C(=O)Nc3cn(C)nc3C(N)=O)co2)ccn1. The third-order valence-electron chi connectivity index (χ3n) is 3.75. The van der Waals surface area contributed by atoms with Crippen LogP contribution in [0.15, 0.2) is 35.2 Å². The number of anilines is 2. The number of oxazole rings is 1. The first-order chi connectivity index (χ1) is 13.3. The summed E-state index contributed by atoms with van der Waals surface area (Å²) in [4.78, 5) is 32.3. The highest BCUT2D eigenvalue weighted by molar-refractivity contribution is 6.07. The lowest BCUT2D eigenvalue weighted by Gasteiger charge is -2.08. The minimum absolute atomic E-state index is 0.0328. The van der Waals surface area contributed by atoms with Gasteiger partial charge in [-0.15, -0.1) is 0 Å². The molecule has 3 aromatic heterocycles. The number of aryl methyl sites for hydroxylation is 1. The van der Waals surface area contributed by atoms with E-state index in [0.29, 0.717) is 17.3 Å². The van der Waals surface area contributed by atoms with E-state index in [1.165, 1.54) is 17.1 Å². The molecule has 3 aromatic rings. The molecule has 3 rings (SSSR count). The van der Waals surface area contributed by atoms with Gasteiger partial charge in [0.15, 0.2) is 11.4 Å². The Morgan fingerprint density at radius 2 is 2.14 bits per heavy atom. The highest BCUT2D eigenvalue weighted by Gasteiger charge is 2.19. The van der Waals surface area contributed by atoms with Crippen molar-refractivity contribution in [1.29, 1.82) is 0 Å². The number of rotatable bonds is 7. The topological polar surface area (TPSA) is 141 Å². The molecule has 0 saturated carbocycles. The quantitative estimate of drug-likeness (QED) is 0.565. The number of pyridine rings is 1. The Balaban J connectivity index is 1.76. The first-order valence-corrected chi connectivity index (χ1v) is 8.64. The molecule has 2 amide bonds. The molecule has 0 radical (unpaired) electrons. The number of carbonyl (C=O) groups is 2. The van der Waals surface area contributed by atoms with Crippen LogP contribution in [0, 0.1) is 5.92 Å². The summed E-state index contributed by atoms with van der Waals surface area (Å²) >= 11 is 0. The second-order valence-electron chi connectivity index (χ2n) is 6.63. The monoisotopic (exact) mass is 383 g/mol. The predicted octanol–water partition coefficient (Wildman–Crippen LogP) is 1.89. The predicted molar refractivity (Wildman–Crippen MR) is 103 cm³/mol. The van der Waals surface area contributed by atoms with E-state index in [0.717, 1.165) is 6.54 Å². The fourth-order valence-corrected chi connectivity index (χ4v) is 2.43. The van der Waals surface area contributed by atoms with Gasteiger partial charge in [-0.05, 0) is 18.1 Å². The third kappa shape index (κ3) is 4.34. The van der Waals surface area contributed by atoms with Crippen LogP contribution in [0.3, 0.4) is 0 Å². The van der Waals surface area contributed by atoms with Gasteiger partial charge in [-0.25, -0.2) is 9.97 Å². The zero-order valence-corrected chi connectivity index (χ0v) is 15.8.